The molecule has 2 aromatic rings. The molecule has 0 spiro atoms. The number of carbonyl (C=O) groups is 1. The number of rotatable bonds is 3. The molecule has 1 amide bonds. The molecule has 0 atom stereocenters. The van der Waals surface area contributed by atoms with Crippen molar-refractivity contribution in [2.24, 2.45) is 5.84 Å². The number of anilines is 2. The fourth-order valence-corrected chi connectivity index (χ4v) is 1.70. The number of carbonyl (C=O) groups excluding carboxylic acids is 1. The molecule has 1 aromatic heterocycles. The smallest absolute Gasteiger partial charge is 0.260 e. The number of aromatic nitrogens is 1. The monoisotopic (exact) mass is 260 g/mol. The fourth-order valence-electron chi connectivity index (χ4n) is 1.70. The molecule has 0 aliphatic heterocycles. The summed E-state index contributed by atoms with van der Waals surface area (Å²) in [4.78, 5) is 17.6. The van der Waals surface area contributed by atoms with Crippen LogP contribution in [0.15, 0.2) is 42.7 Å². The Morgan fingerprint density at radius 1 is 1.37 bits per heavy atom. The van der Waals surface area contributed by atoms with Gasteiger partial charge in [-0.2, -0.15) is 0 Å². The topological polar surface area (TPSA) is 71.2 Å². The van der Waals surface area contributed by atoms with Gasteiger partial charge in [0.05, 0.1) is 23.1 Å². The number of nitrogens with one attached hydrogen (secondary N) is 1. The van der Waals surface area contributed by atoms with Crippen molar-refractivity contribution in [1.82, 2.24) is 4.98 Å². The zero-order valence-corrected chi connectivity index (χ0v) is 10.3. The first-order valence-electron chi connectivity index (χ1n) is 5.58. The molecule has 1 heterocycles. The second kappa shape index (κ2) is 5.45. The molecular weight excluding hydrogens is 247 g/mol. The number of halogens is 1. The first kappa shape index (κ1) is 13.0. The number of hydrogen-bond acceptors (Lipinski definition) is 4. The van der Waals surface area contributed by atoms with Gasteiger partial charge in [0.15, 0.2) is 0 Å². The molecule has 3 N–H and O–H groups in total. The number of nitrogens with zero attached hydrogens (tertiary/aromatic N) is 2. The Labute approximate surface area is 109 Å². The lowest BCUT2D eigenvalue weighted by Gasteiger charge is -2.18. The van der Waals surface area contributed by atoms with E-state index in [0.717, 1.165) is 0 Å². The summed E-state index contributed by atoms with van der Waals surface area (Å²) in [5.74, 6) is 4.30. The van der Waals surface area contributed by atoms with E-state index in [1.807, 2.05) is 0 Å². The van der Waals surface area contributed by atoms with E-state index < -0.39 is 5.82 Å². The first-order chi connectivity index (χ1) is 9.15. The van der Waals surface area contributed by atoms with E-state index in [4.69, 9.17) is 5.84 Å². The lowest BCUT2D eigenvalue weighted by Crippen LogP contribution is -2.28. The van der Waals surface area contributed by atoms with Gasteiger partial charge in [0.1, 0.15) is 5.82 Å². The van der Waals surface area contributed by atoms with Crippen LogP contribution in [0.1, 0.15) is 10.4 Å². The maximum Gasteiger partial charge on any atom is 0.260 e. The van der Waals surface area contributed by atoms with Gasteiger partial charge in [0, 0.05) is 13.2 Å². The number of hydrogen-bond donors (Lipinski definition) is 2. The van der Waals surface area contributed by atoms with Crippen molar-refractivity contribution in [3.8, 4) is 0 Å². The summed E-state index contributed by atoms with van der Waals surface area (Å²) in [7, 11) is 1.59. The van der Waals surface area contributed by atoms with E-state index in [9.17, 15) is 9.18 Å². The van der Waals surface area contributed by atoms with Crippen LogP contribution in [-0.2, 0) is 0 Å². The van der Waals surface area contributed by atoms with Crippen LogP contribution in [0.4, 0.5) is 15.8 Å². The normalized spacial score (nSPS) is 10.1. The third-order valence-electron chi connectivity index (χ3n) is 2.73. The number of pyridine rings is 1. The van der Waals surface area contributed by atoms with Crippen LogP contribution in [0.25, 0.3) is 0 Å². The van der Waals surface area contributed by atoms with Gasteiger partial charge in [-0.25, -0.2) is 4.39 Å². The summed E-state index contributed by atoms with van der Waals surface area (Å²) in [6.45, 7) is 0. The fraction of sp³-hybridized carbons (Fsp3) is 0.0769. The Hall–Kier alpha value is -2.47. The van der Waals surface area contributed by atoms with Crippen molar-refractivity contribution in [3.63, 3.8) is 0 Å². The minimum atomic E-state index is -0.576. The van der Waals surface area contributed by atoms with Crippen molar-refractivity contribution in [3.05, 3.63) is 54.1 Å². The zero-order valence-electron chi connectivity index (χ0n) is 10.3. The van der Waals surface area contributed by atoms with Gasteiger partial charge in [-0.1, -0.05) is 6.07 Å². The molecule has 6 heteroatoms. The van der Waals surface area contributed by atoms with Crippen LogP contribution >= 0.6 is 0 Å². The Kier molecular flexibility index (Phi) is 3.72. The molecule has 0 aliphatic rings. The quantitative estimate of drug-likeness (QED) is 0.652. The molecule has 0 radical (unpaired) electrons. The number of para-hydroxylation sites is 1. The Bertz CT molecular complexity index is 588. The van der Waals surface area contributed by atoms with E-state index in [-0.39, 0.29) is 17.2 Å². The predicted molar refractivity (Wildman–Crippen MR) is 71.2 cm³/mol. The van der Waals surface area contributed by atoms with Crippen molar-refractivity contribution in [2.75, 3.05) is 17.4 Å². The summed E-state index contributed by atoms with van der Waals surface area (Å²) < 4.78 is 13.6. The van der Waals surface area contributed by atoms with Crippen molar-refractivity contribution in [2.45, 2.75) is 0 Å². The van der Waals surface area contributed by atoms with Crippen LogP contribution in [0.2, 0.25) is 0 Å². The first-order valence-corrected chi connectivity index (χ1v) is 5.58. The number of benzene rings is 1. The number of hydrazine groups is 1. The van der Waals surface area contributed by atoms with Gasteiger partial charge in [-0.05, 0) is 24.3 Å². The molecule has 5 nitrogen and oxygen atoms in total. The third kappa shape index (κ3) is 2.53. The predicted octanol–water partition coefficient (Wildman–Crippen LogP) is 1.78. The van der Waals surface area contributed by atoms with Crippen LogP contribution < -0.4 is 16.2 Å². The third-order valence-corrected chi connectivity index (χ3v) is 2.73. The molecule has 0 saturated heterocycles. The average Bonchev–Trinajstić information content (AvgIpc) is 2.46. The molecular formula is C13H13FN4O. The molecule has 0 fully saturated rings. The summed E-state index contributed by atoms with van der Waals surface area (Å²) in [6, 6.07) is 7.65. The minimum absolute atomic E-state index is 0.0248. The van der Waals surface area contributed by atoms with E-state index in [0.29, 0.717) is 5.69 Å². The molecule has 19 heavy (non-hydrogen) atoms. The van der Waals surface area contributed by atoms with Gasteiger partial charge in [-0.3, -0.25) is 15.6 Å². The van der Waals surface area contributed by atoms with Gasteiger partial charge in [0.25, 0.3) is 5.91 Å². The van der Waals surface area contributed by atoms with E-state index in [1.165, 1.54) is 23.1 Å². The Morgan fingerprint density at radius 3 is 2.79 bits per heavy atom. The van der Waals surface area contributed by atoms with Crippen molar-refractivity contribution < 1.29 is 9.18 Å². The van der Waals surface area contributed by atoms with Crippen LogP contribution in [0.5, 0.6) is 0 Å². The molecule has 0 bridgehead atoms. The van der Waals surface area contributed by atoms with Gasteiger partial charge in [0.2, 0.25) is 0 Å². The van der Waals surface area contributed by atoms with Gasteiger partial charge < -0.3 is 10.3 Å². The second-order valence-corrected chi connectivity index (χ2v) is 3.88. The Morgan fingerprint density at radius 2 is 2.16 bits per heavy atom. The number of nitrogen functional groups attached to an aromatic ring is 1. The lowest BCUT2D eigenvalue weighted by atomic mass is 10.1. The van der Waals surface area contributed by atoms with Crippen LogP contribution in [0, 0.1) is 5.82 Å². The van der Waals surface area contributed by atoms with Crippen molar-refractivity contribution in [1.29, 1.82) is 0 Å². The maximum absolute atomic E-state index is 13.6. The molecule has 2 rings (SSSR count). The molecule has 0 unspecified atom stereocenters. The number of amides is 1. The lowest BCUT2D eigenvalue weighted by molar-refractivity contribution is 0.0993. The van der Waals surface area contributed by atoms with Gasteiger partial charge in [-0.15, -0.1) is 0 Å². The summed E-state index contributed by atoms with van der Waals surface area (Å²) >= 11 is 0. The van der Waals surface area contributed by atoms with E-state index >= 15 is 0 Å². The van der Waals surface area contributed by atoms with Crippen LogP contribution in [-0.4, -0.2) is 17.9 Å². The van der Waals surface area contributed by atoms with E-state index in [1.54, 1.807) is 31.6 Å². The number of nitrogens with two attached hydrogens (primary N) is 1. The van der Waals surface area contributed by atoms with E-state index in [2.05, 4.69) is 10.4 Å². The average molecular weight is 260 g/mol. The minimum Gasteiger partial charge on any atom is -0.321 e. The highest BCUT2D eigenvalue weighted by atomic mass is 19.1. The molecule has 98 valence electrons. The maximum atomic E-state index is 13.6. The molecule has 0 saturated carbocycles. The highest BCUT2D eigenvalue weighted by Gasteiger charge is 2.19. The highest BCUT2D eigenvalue weighted by Crippen LogP contribution is 2.22. The molecule has 1 aromatic carbocycles. The summed E-state index contributed by atoms with van der Waals surface area (Å²) in [6.07, 6.45) is 3.16. The SMILES string of the molecule is CN(C(=O)c1cccc(F)c1NN)c1cccnc1. The standard InChI is InChI=1S/C13H13FN4O/c1-18(9-4-3-7-16-8-9)13(19)10-5-2-6-11(14)12(10)17-15/h2-8,17H,15H2,1H3. The van der Waals surface area contributed by atoms with Crippen molar-refractivity contribution >= 4 is 17.3 Å². The largest absolute Gasteiger partial charge is 0.321 e. The summed E-state index contributed by atoms with van der Waals surface area (Å²) in [5.41, 5.74) is 2.96. The van der Waals surface area contributed by atoms with Gasteiger partial charge >= 0.3 is 0 Å². The molecule has 0 aliphatic carbocycles. The zero-order chi connectivity index (χ0) is 13.8. The Balaban J connectivity index is 2.37. The highest BCUT2D eigenvalue weighted by molar-refractivity contribution is 6.09. The summed E-state index contributed by atoms with van der Waals surface area (Å²) in [5, 5.41) is 0. The van der Waals surface area contributed by atoms with Crippen LogP contribution in [0.3, 0.4) is 0 Å². The second-order valence-electron chi connectivity index (χ2n) is 3.88.